The zero-order valence-electron chi connectivity index (χ0n) is 10.5. The summed E-state index contributed by atoms with van der Waals surface area (Å²) in [7, 11) is 0. The number of aliphatic hydroxyl groups is 3. The largest absolute Gasteiger partial charge is 0.440 e. The van der Waals surface area contributed by atoms with Gasteiger partial charge in [-0.1, -0.05) is 0 Å². The van der Waals surface area contributed by atoms with Crippen molar-refractivity contribution >= 4 is 11.1 Å². The van der Waals surface area contributed by atoms with Crippen LogP contribution in [0.15, 0.2) is 21.5 Å². The van der Waals surface area contributed by atoms with Crippen LogP contribution in [-0.2, 0) is 11.3 Å². The predicted octanol–water partition coefficient (Wildman–Crippen LogP) is -0.878. The van der Waals surface area contributed by atoms with Crippen molar-refractivity contribution in [3.8, 4) is 0 Å². The number of nitrogens with zero attached hydrogens (tertiary/aromatic N) is 2. The first-order chi connectivity index (χ1) is 9.62. The van der Waals surface area contributed by atoms with Gasteiger partial charge in [-0.2, -0.15) is 4.98 Å². The lowest BCUT2D eigenvalue weighted by Crippen LogP contribution is -2.27. The molecule has 0 aliphatic carbocycles. The van der Waals surface area contributed by atoms with E-state index < -0.39 is 24.1 Å². The standard InChI is InChI=1S/C12H14N2O6/c15-4-7-1-6-3-14(12(18)13-11(6)19-7)10-2-8(17)9(5-16)20-10/h1,3,8-10,15-17H,2,4-5H2/t8-,9+,10?/m0/s1. The Hall–Kier alpha value is -1.74. The number of aliphatic hydroxyl groups excluding tert-OH is 3. The SMILES string of the molecule is O=c1nc2oc(CO)cc2cn1C1C[C@H](O)[C@@H](CO)O1. The van der Waals surface area contributed by atoms with Gasteiger partial charge in [0.1, 0.15) is 24.7 Å². The number of hydrogen-bond acceptors (Lipinski definition) is 7. The Balaban J connectivity index is 1.99. The second-order valence-corrected chi connectivity index (χ2v) is 4.68. The Bertz CT molecular complexity index is 678. The molecule has 1 fully saturated rings. The van der Waals surface area contributed by atoms with Crippen LogP contribution in [0.2, 0.25) is 0 Å². The monoisotopic (exact) mass is 282 g/mol. The van der Waals surface area contributed by atoms with Gasteiger partial charge in [0.2, 0.25) is 5.71 Å². The van der Waals surface area contributed by atoms with Crippen LogP contribution in [0, 0.1) is 0 Å². The van der Waals surface area contributed by atoms with Gasteiger partial charge in [-0.3, -0.25) is 4.57 Å². The van der Waals surface area contributed by atoms with Gasteiger partial charge in [0.15, 0.2) is 0 Å². The molecule has 0 amide bonds. The molecule has 8 heteroatoms. The molecule has 20 heavy (non-hydrogen) atoms. The maximum Gasteiger partial charge on any atom is 0.353 e. The Kier molecular flexibility index (Phi) is 3.30. The van der Waals surface area contributed by atoms with Crippen LogP contribution in [0.1, 0.15) is 18.4 Å². The molecule has 3 atom stereocenters. The van der Waals surface area contributed by atoms with Crippen LogP contribution in [-0.4, -0.2) is 43.7 Å². The van der Waals surface area contributed by atoms with E-state index in [4.69, 9.17) is 19.4 Å². The molecule has 3 heterocycles. The van der Waals surface area contributed by atoms with Gasteiger partial charge in [-0.25, -0.2) is 4.79 Å². The summed E-state index contributed by atoms with van der Waals surface area (Å²) in [6.45, 7) is -0.599. The molecule has 2 aromatic rings. The van der Waals surface area contributed by atoms with Crippen molar-refractivity contribution in [2.75, 3.05) is 6.61 Å². The molecule has 0 saturated carbocycles. The van der Waals surface area contributed by atoms with E-state index in [1.807, 2.05) is 0 Å². The van der Waals surface area contributed by atoms with E-state index in [0.717, 1.165) is 0 Å². The Labute approximate surface area is 112 Å². The molecule has 1 aliphatic rings. The zero-order chi connectivity index (χ0) is 14.3. The van der Waals surface area contributed by atoms with E-state index in [1.165, 1.54) is 10.8 Å². The van der Waals surface area contributed by atoms with Crippen molar-refractivity contribution in [1.82, 2.24) is 9.55 Å². The third-order valence-corrected chi connectivity index (χ3v) is 3.34. The molecule has 0 aromatic carbocycles. The minimum atomic E-state index is -0.829. The quantitative estimate of drug-likeness (QED) is 0.669. The van der Waals surface area contributed by atoms with Gasteiger partial charge in [0.05, 0.1) is 18.1 Å². The summed E-state index contributed by atoms with van der Waals surface area (Å²) in [6.07, 6.45) is -0.517. The average Bonchev–Trinajstić information content (AvgIpc) is 3.00. The number of rotatable bonds is 3. The smallest absolute Gasteiger partial charge is 0.353 e. The van der Waals surface area contributed by atoms with Crippen molar-refractivity contribution in [2.24, 2.45) is 0 Å². The highest BCUT2D eigenvalue weighted by molar-refractivity contribution is 5.72. The first-order valence-electron chi connectivity index (χ1n) is 6.19. The maximum atomic E-state index is 11.9. The molecular formula is C12H14N2O6. The zero-order valence-corrected chi connectivity index (χ0v) is 10.5. The molecule has 1 unspecified atom stereocenters. The molecule has 1 aliphatic heterocycles. The Morgan fingerprint density at radius 2 is 2.25 bits per heavy atom. The van der Waals surface area contributed by atoms with Crippen LogP contribution in [0.4, 0.5) is 0 Å². The van der Waals surface area contributed by atoms with Crippen LogP contribution < -0.4 is 5.69 Å². The van der Waals surface area contributed by atoms with E-state index in [2.05, 4.69) is 4.98 Å². The van der Waals surface area contributed by atoms with Crippen LogP contribution in [0.25, 0.3) is 11.1 Å². The van der Waals surface area contributed by atoms with E-state index in [1.54, 1.807) is 6.07 Å². The van der Waals surface area contributed by atoms with Crippen LogP contribution in [0.5, 0.6) is 0 Å². The summed E-state index contributed by atoms with van der Waals surface area (Å²) >= 11 is 0. The summed E-state index contributed by atoms with van der Waals surface area (Å²) in [5.74, 6) is 0.310. The maximum absolute atomic E-state index is 11.9. The lowest BCUT2D eigenvalue weighted by Gasteiger charge is -2.13. The molecule has 1 saturated heterocycles. The van der Waals surface area contributed by atoms with Crippen molar-refractivity contribution in [3.63, 3.8) is 0 Å². The molecule has 2 aromatic heterocycles. The highest BCUT2D eigenvalue weighted by Crippen LogP contribution is 2.28. The highest BCUT2D eigenvalue weighted by Gasteiger charge is 2.35. The predicted molar refractivity (Wildman–Crippen MR) is 65.8 cm³/mol. The van der Waals surface area contributed by atoms with Crippen LogP contribution in [0.3, 0.4) is 0 Å². The number of furan rings is 1. The molecule has 3 rings (SSSR count). The normalized spacial score (nSPS) is 26.4. The number of aromatic nitrogens is 2. The van der Waals surface area contributed by atoms with Crippen LogP contribution >= 0.6 is 0 Å². The van der Waals surface area contributed by atoms with Gasteiger partial charge in [0.25, 0.3) is 0 Å². The lowest BCUT2D eigenvalue weighted by molar-refractivity contribution is -0.0457. The van der Waals surface area contributed by atoms with E-state index in [-0.39, 0.29) is 25.3 Å². The molecule has 0 spiro atoms. The van der Waals surface area contributed by atoms with E-state index in [0.29, 0.717) is 11.1 Å². The second-order valence-electron chi connectivity index (χ2n) is 4.68. The van der Waals surface area contributed by atoms with Crippen molar-refractivity contribution in [2.45, 2.75) is 31.5 Å². The molecule has 8 nitrogen and oxygen atoms in total. The number of fused-ring (bicyclic) bond motifs is 1. The first-order valence-corrected chi connectivity index (χ1v) is 6.19. The summed E-state index contributed by atoms with van der Waals surface area (Å²) in [4.78, 5) is 15.7. The summed E-state index contributed by atoms with van der Waals surface area (Å²) in [5.41, 5.74) is -0.431. The average molecular weight is 282 g/mol. The highest BCUT2D eigenvalue weighted by atomic mass is 16.5. The molecular weight excluding hydrogens is 268 g/mol. The van der Waals surface area contributed by atoms with Gasteiger partial charge in [-0.15, -0.1) is 0 Å². The van der Waals surface area contributed by atoms with Gasteiger partial charge in [-0.05, 0) is 6.07 Å². The van der Waals surface area contributed by atoms with Gasteiger partial charge >= 0.3 is 5.69 Å². The van der Waals surface area contributed by atoms with Crippen molar-refractivity contribution < 1.29 is 24.5 Å². The fraction of sp³-hybridized carbons (Fsp3) is 0.500. The minimum Gasteiger partial charge on any atom is -0.440 e. The number of ether oxygens (including phenoxy) is 1. The van der Waals surface area contributed by atoms with Crippen molar-refractivity contribution in [1.29, 1.82) is 0 Å². The molecule has 0 bridgehead atoms. The minimum absolute atomic E-state index is 0.146. The third-order valence-electron chi connectivity index (χ3n) is 3.34. The summed E-state index contributed by atoms with van der Waals surface area (Å²) in [6, 6.07) is 1.58. The Morgan fingerprint density at radius 1 is 1.45 bits per heavy atom. The fourth-order valence-electron chi connectivity index (χ4n) is 2.31. The lowest BCUT2D eigenvalue weighted by atomic mass is 10.2. The topological polar surface area (TPSA) is 118 Å². The fourth-order valence-corrected chi connectivity index (χ4v) is 2.31. The van der Waals surface area contributed by atoms with E-state index >= 15 is 0 Å². The second kappa shape index (κ2) is 4.98. The van der Waals surface area contributed by atoms with Gasteiger partial charge < -0.3 is 24.5 Å². The number of hydrogen-bond donors (Lipinski definition) is 3. The molecule has 0 radical (unpaired) electrons. The molecule has 3 N–H and O–H groups in total. The molecule has 108 valence electrons. The third kappa shape index (κ3) is 2.12. The summed E-state index contributed by atoms with van der Waals surface area (Å²) < 4.78 is 11.8. The first kappa shape index (κ1) is 13.3. The van der Waals surface area contributed by atoms with Gasteiger partial charge in [0, 0.05) is 12.6 Å². The van der Waals surface area contributed by atoms with E-state index in [9.17, 15) is 9.90 Å². The summed E-state index contributed by atoms with van der Waals surface area (Å²) in [5, 5.41) is 28.3. The Morgan fingerprint density at radius 3 is 2.90 bits per heavy atom. The van der Waals surface area contributed by atoms with Crippen molar-refractivity contribution in [3.05, 3.63) is 28.5 Å².